The third-order valence-electron chi connectivity index (χ3n) is 3.96. The molecule has 0 aliphatic carbocycles. The van der Waals surface area contributed by atoms with Gasteiger partial charge in [0.05, 0.1) is 5.39 Å². The SMILES string of the molecule is Cc1cc2c(NCCc3ccccc3)nc(-c3ccccn3)nc2s1. The van der Waals surface area contributed by atoms with Gasteiger partial charge in [-0.15, -0.1) is 11.3 Å². The predicted octanol–water partition coefficient (Wildman–Crippen LogP) is 4.72. The van der Waals surface area contributed by atoms with Gasteiger partial charge in [-0.2, -0.15) is 0 Å². The van der Waals surface area contributed by atoms with Crippen LogP contribution < -0.4 is 5.32 Å². The van der Waals surface area contributed by atoms with E-state index in [1.165, 1.54) is 10.4 Å². The summed E-state index contributed by atoms with van der Waals surface area (Å²) in [6.45, 7) is 2.92. The maximum Gasteiger partial charge on any atom is 0.181 e. The second kappa shape index (κ2) is 6.99. The van der Waals surface area contributed by atoms with Crippen LogP contribution in [0.3, 0.4) is 0 Å². The Morgan fingerprint density at radius 2 is 1.84 bits per heavy atom. The fraction of sp³-hybridized carbons (Fsp3) is 0.150. The van der Waals surface area contributed by atoms with Crippen LogP contribution in [0.4, 0.5) is 5.82 Å². The van der Waals surface area contributed by atoms with Crippen molar-refractivity contribution < 1.29 is 0 Å². The second-order valence-corrected chi connectivity index (χ2v) is 7.08. The van der Waals surface area contributed by atoms with E-state index in [2.05, 4.69) is 47.6 Å². The maximum atomic E-state index is 4.74. The van der Waals surface area contributed by atoms with Crippen molar-refractivity contribution >= 4 is 27.4 Å². The van der Waals surface area contributed by atoms with Gasteiger partial charge in [0.2, 0.25) is 0 Å². The summed E-state index contributed by atoms with van der Waals surface area (Å²) in [5, 5.41) is 4.57. The predicted molar refractivity (Wildman–Crippen MR) is 104 cm³/mol. The van der Waals surface area contributed by atoms with Crippen LogP contribution in [0.15, 0.2) is 60.8 Å². The summed E-state index contributed by atoms with van der Waals surface area (Å²) < 4.78 is 0. The quantitative estimate of drug-likeness (QED) is 0.568. The van der Waals surface area contributed by atoms with Gasteiger partial charge in [0, 0.05) is 17.6 Å². The fourth-order valence-electron chi connectivity index (χ4n) is 2.76. The van der Waals surface area contributed by atoms with Gasteiger partial charge in [0.1, 0.15) is 16.3 Å². The molecule has 3 heterocycles. The Kier molecular flexibility index (Phi) is 4.39. The highest BCUT2D eigenvalue weighted by molar-refractivity contribution is 7.18. The number of hydrogen-bond acceptors (Lipinski definition) is 5. The van der Waals surface area contributed by atoms with Crippen molar-refractivity contribution in [2.75, 3.05) is 11.9 Å². The molecule has 25 heavy (non-hydrogen) atoms. The number of aromatic nitrogens is 3. The Bertz CT molecular complexity index is 981. The zero-order valence-electron chi connectivity index (χ0n) is 13.9. The molecule has 0 radical (unpaired) electrons. The van der Waals surface area contributed by atoms with E-state index in [9.17, 15) is 0 Å². The van der Waals surface area contributed by atoms with Gasteiger partial charge in [0.15, 0.2) is 5.82 Å². The highest BCUT2D eigenvalue weighted by atomic mass is 32.1. The Labute approximate surface area is 150 Å². The van der Waals surface area contributed by atoms with E-state index in [4.69, 9.17) is 9.97 Å². The van der Waals surface area contributed by atoms with Gasteiger partial charge < -0.3 is 5.32 Å². The number of fused-ring (bicyclic) bond motifs is 1. The topological polar surface area (TPSA) is 50.7 Å². The van der Waals surface area contributed by atoms with Crippen LogP contribution in [0.2, 0.25) is 0 Å². The van der Waals surface area contributed by atoms with Crippen molar-refractivity contribution in [2.24, 2.45) is 0 Å². The molecule has 1 aromatic carbocycles. The first-order chi connectivity index (χ1) is 12.3. The Morgan fingerprint density at radius 1 is 1.00 bits per heavy atom. The normalized spacial score (nSPS) is 10.9. The van der Waals surface area contributed by atoms with Crippen LogP contribution in [0.1, 0.15) is 10.4 Å². The number of thiophene rings is 1. The first kappa shape index (κ1) is 15.7. The summed E-state index contributed by atoms with van der Waals surface area (Å²) in [6, 6.07) is 18.4. The molecular formula is C20H18N4S. The van der Waals surface area contributed by atoms with Gasteiger partial charge in [-0.25, -0.2) is 9.97 Å². The molecule has 0 saturated heterocycles. The Hall–Kier alpha value is -2.79. The smallest absolute Gasteiger partial charge is 0.181 e. The molecule has 124 valence electrons. The van der Waals surface area contributed by atoms with Gasteiger partial charge >= 0.3 is 0 Å². The standard InChI is InChI=1S/C20H18N4S/c1-14-13-16-18(22-12-10-15-7-3-2-4-8-15)23-19(24-20(16)25-14)17-9-5-6-11-21-17/h2-9,11,13H,10,12H2,1H3,(H,22,23,24). The number of rotatable bonds is 5. The van der Waals surface area contributed by atoms with Gasteiger partial charge in [-0.1, -0.05) is 36.4 Å². The monoisotopic (exact) mass is 346 g/mol. The lowest BCUT2D eigenvalue weighted by Crippen LogP contribution is -2.07. The highest BCUT2D eigenvalue weighted by Gasteiger charge is 2.12. The molecule has 4 nitrogen and oxygen atoms in total. The molecular weight excluding hydrogens is 328 g/mol. The van der Waals surface area contributed by atoms with Crippen LogP contribution in [0.25, 0.3) is 21.7 Å². The minimum atomic E-state index is 0.664. The molecule has 0 spiro atoms. The molecule has 4 aromatic rings. The lowest BCUT2D eigenvalue weighted by Gasteiger charge is -2.09. The van der Waals surface area contributed by atoms with Crippen molar-refractivity contribution in [3.63, 3.8) is 0 Å². The number of nitrogens with one attached hydrogen (secondary N) is 1. The van der Waals surface area contributed by atoms with Crippen molar-refractivity contribution in [1.29, 1.82) is 0 Å². The van der Waals surface area contributed by atoms with Crippen molar-refractivity contribution in [3.8, 4) is 11.5 Å². The molecule has 0 atom stereocenters. The van der Waals surface area contributed by atoms with Crippen LogP contribution in [0, 0.1) is 6.92 Å². The number of hydrogen-bond donors (Lipinski definition) is 1. The van der Waals surface area contributed by atoms with Crippen LogP contribution >= 0.6 is 11.3 Å². The first-order valence-electron chi connectivity index (χ1n) is 8.27. The van der Waals surface area contributed by atoms with E-state index in [-0.39, 0.29) is 0 Å². The number of benzene rings is 1. The molecule has 3 aromatic heterocycles. The zero-order chi connectivity index (χ0) is 17.1. The minimum Gasteiger partial charge on any atom is -0.369 e. The van der Waals surface area contributed by atoms with E-state index in [1.54, 1.807) is 17.5 Å². The number of nitrogens with zero attached hydrogens (tertiary/aromatic N) is 3. The van der Waals surface area contributed by atoms with E-state index in [0.717, 1.165) is 34.7 Å². The van der Waals surface area contributed by atoms with E-state index in [0.29, 0.717) is 5.82 Å². The third kappa shape index (κ3) is 3.51. The number of aryl methyl sites for hydroxylation is 1. The fourth-order valence-corrected chi connectivity index (χ4v) is 3.64. The molecule has 0 unspecified atom stereocenters. The number of pyridine rings is 1. The Morgan fingerprint density at radius 3 is 2.64 bits per heavy atom. The second-order valence-electron chi connectivity index (χ2n) is 5.85. The van der Waals surface area contributed by atoms with Crippen molar-refractivity contribution in [3.05, 3.63) is 71.2 Å². The molecule has 0 fully saturated rings. The van der Waals surface area contributed by atoms with Crippen molar-refractivity contribution in [2.45, 2.75) is 13.3 Å². The minimum absolute atomic E-state index is 0.664. The summed E-state index contributed by atoms with van der Waals surface area (Å²) in [6.07, 6.45) is 2.72. The van der Waals surface area contributed by atoms with Gasteiger partial charge in [-0.05, 0) is 37.1 Å². The molecule has 4 rings (SSSR count). The third-order valence-corrected chi connectivity index (χ3v) is 4.90. The summed E-state index contributed by atoms with van der Waals surface area (Å²) in [5.74, 6) is 1.54. The van der Waals surface area contributed by atoms with E-state index in [1.807, 2.05) is 24.3 Å². The zero-order valence-corrected chi connectivity index (χ0v) is 14.8. The first-order valence-corrected chi connectivity index (χ1v) is 9.08. The van der Waals surface area contributed by atoms with Gasteiger partial charge in [0.25, 0.3) is 0 Å². The number of anilines is 1. The van der Waals surface area contributed by atoms with Crippen LogP contribution in [0.5, 0.6) is 0 Å². The molecule has 5 heteroatoms. The molecule has 0 saturated carbocycles. The van der Waals surface area contributed by atoms with Gasteiger partial charge in [-0.3, -0.25) is 4.98 Å². The lowest BCUT2D eigenvalue weighted by atomic mass is 10.1. The Balaban J connectivity index is 1.64. The van der Waals surface area contributed by atoms with E-state index < -0.39 is 0 Å². The maximum absolute atomic E-state index is 4.74. The molecule has 0 aliphatic rings. The molecule has 0 bridgehead atoms. The van der Waals surface area contributed by atoms with Crippen LogP contribution in [-0.2, 0) is 6.42 Å². The lowest BCUT2D eigenvalue weighted by molar-refractivity contribution is 1.01. The average Bonchev–Trinajstić information content (AvgIpc) is 3.03. The van der Waals surface area contributed by atoms with Crippen molar-refractivity contribution in [1.82, 2.24) is 15.0 Å². The molecule has 0 aliphatic heterocycles. The molecule has 0 amide bonds. The highest BCUT2D eigenvalue weighted by Crippen LogP contribution is 2.30. The largest absolute Gasteiger partial charge is 0.369 e. The summed E-state index contributed by atoms with van der Waals surface area (Å²) in [5.41, 5.74) is 2.10. The van der Waals surface area contributed by atoms with E-state index >= 15 is 0 Å². The molecule has 1 N–H and O–H groups in total. The average molecular weight is 346 g/mol. The van der Waals surface area contributed by atoms with Crippen LogP contribution in [-0.4, -0.2) is 21.5 Å². The summed E-state index contributed by atoms with van der Waals surface area (Å²) in [7, 11) is 0. The summed E-state index contributed by atoms with van der Waals surface area (Å²) >= 11 is 1.69. The summed E-state index contributed by atoms with van der Waals surface area (Å²) in [4.78, 5) is 16.0.